The molecule has 1 fully saturated rings. The Bertz CT molecular complexity index is 324. The van der Waals surface area contributed by atoms with Crippen LogP contribution < -0.4 is 0 Å². The highest BCUT2D eigenvalue weighted by Gasteiger charge is 2.23. The summed E-state index contributed by atoms with van der Waals surface area (Å²) in [7, 11) is 0. The number of rotatable bonds is 3. The van der Waals surface area contributed by atoms with Crippen molar-refractivity contribution in [2.45, 2.75) is 18.8 Å². The van der Waals surface area contributed by atoms with E-state index in [2.05, 4.69) is 46.8 Å². The third kappa shape index (κ3) is 2.02. The third-order valence-electron chi connectivity index (χ3n) is 2.50. The second-order valence-corrected chi connectivity index (χ2v) is 4.20. The highest BCUT2D eigenvalue weighted by atomic mass is 79.9. The summed E-state index contributed by atoms with van der Waals surface area (Å²) in [5, 5.41) is 0.862. The van der Waals surface area contributed by atoms with Crippen molar-refractivity contribution in [1.29, 1.82) is 0 Å². The van der Waals surface area contributed by atoms with Crippen LogP contribution >= 0.6 is 15.9 Å². The average Bonchev–Trinajstić information content (AvgIpc) is 3.00. The Morgan fingerprint density at radius 1 is 1.46 bits per heavy atom. The zero-order valence-electron chi connectivity index (χ0n) is 7.59. The van der Waals surface area contributed by atoms with Gasteiger partial charge in [-0.2, -0.15) is 0 Å². The quantitative estimate of drug-likeness (QED) is 0.697. The molecule has 2 rings (SSSR count). The van der Waals surface area contributed by atoms with Crippen molar-refractivity contribution in [3.63, 3.8) is 0 Å². The van der Waals surface area contributed by atoms with Gasteiger partial charge < -0.3 is 0 Å². The summed E-state index contributed by atoms with van der Waals surface area (Å²) >= 11 is 3.43. The van der Waals surface area contributed by atoms with Crippen LogP contribution in [0.1, 0.15) is 29.9 Å². The third-order valence-corrected chi connectivity index (χ3v) is 3.18. The van der Waals surface area contributed by atoms with Gasteiger partial charge in [-0.05, 0) is 35.5 Å². The van der Waals surface area contributed by atoms with E-state index in [0.717, 1.165) is 11.2 Å². The number of alkyl halides is 1. The molecule has 0 N–H and O–H groups in total. The van der Waals surface area contributed by atoms with E-state index >= 15 is 0 Å². The van der Waals surface area contributed by atoms with E-state index in [-0.39, 0.29) is 0 Å². The normalized spacial score (nSPS) is 15.8. The summed E-state index contributed by atoms with van der Waals surface area (Å²) < 4.78 is 0. The Balaban J connectivity index is 2.26. The van der Waals surface area contributed by atoms with Crippen LogP contribution in [-0.4, -0.2) is 5.33 Å². The summed E-state index contributed by atoms with van der Waals surface area (Å²) in [5.74, 6) is 0.836. The molecule has 0 saturated heterocycles. The van der Waals surface area contributed by atoms with Crippen LogP contribution in [0, 0.1) is 0 Å². The van der Waals surface area contributed by atoms with Crippen LogP contribution in [-0.2, 0) is 0 Å². The van der Waals surface area contributed by atoms with Gasteiger partial charge in [-0.25, -0.2) is 0 Å². The van der Waals surface area contributed by atoms with Crippen LogP contribution in [0.25, 0.3) is 5.57 Å². The zero-order valence-corrected chi connectivity index (χ0v) is 9.18. The van der Waals surface area contributed by atoms with Gasteiger partial charge in [0.1, 0.15) is 0 Å². The first-order valence-electron chi connectivity index (χ1n) is 4.65. The van der Waals surface area contributed by atoms with Gasteiger partial charge in [-0.3, -0.25) is 0 Å². The Morgan fingerprint density at radius 3 is 2.85 bits per heavy atom. The molecule has 0 heterocycles. The predicted molar refractivity (Wildman–Crippen MR) is 61.2 cm³/mol. The van der Waals surface area contributed by atoms with Crippen LogP contribution in [0.3, 0.4) is 0 Å². The Labute approximate surface area is 87.8 Å². The molecule has 0 amide bonds. The topological polar surface area (TPSA) is 0 Å². The smallest absolute Gasteiger partial charge is 0.0283 e. The zero-order chi connectivity index (χ0) is 9.26. The Kier molecular flexibility index (Phi) is 2.54. The summed E-state index contributed by atoms with van der Waals surface area (Å²) in [4.78, 5) is 0. The fourth-order valence-electron chi connectivity index (χ4n) is 1.51. The van der Waals surface area contributed by atoms with E-state index < -0.39 is 0 Å². The lowest BCUT2D eigenvalue weighted by Gasteiger charge is -2.04. The van der Waals surface area contributed by atoms with E-state index in [1.165, 1.54) is 29.5 Å². The van der Waals surface area contributed by atoms with E-state index in [4.69, 9.17) is 0 Å². The molecule has 0 spiro atoms. The summed E-state index contributed by atoms with van der Waals surface area (Å²) in [5.41, 5.74) is 3.93. The van der Waals surface area contributed by atoms with E-state index in [1.54, 1.807) is 0 Å². The largest absolute Gasteiger partial charge is 0.0944 e. The van der Waals surface area contributed by atoms with Gasteiger partial charge in [0.2, 0.25) is 0 Å². The van der Waals surface area contributed by atoms with Crippen LogP contribution in [0.5, 0.6) is 0 Å². The molecule has 0 radical (unpaired) electrons. The Morgan fingerprint density at radius 2 is 2.23 bits per heavy atom. The van der Waals surface area contributed by atoms with E-state index in [9.17, 15) is 0 Å². The summed E-state index contributed by atoms with van der Waals surface area (Å²) in [6, 6.07) is 8.77. The summed E-state index contributed by atoms with van der Waals surface area (Å²) in [6.07, 6.45) is 2.73. The maximum absolute atomic E-state index is 4.02. The highest BCUT2D eigenvalue weighted by Crippen LogP contribution is 2.40. The van der Waals surface area contributed by atoms with Crippen molar-refractivity contribution in [3.8, 4) is 0 Å². The van der Waals surface area contributed by atoms with Gasteiger partial charge >= 0.3 is 0 Å². The van der Waals surface area contributed by atoms with Crippen molar-refractivity contribution in [2.24, 2.45) is 0 Å². The molecular formula is C12H13Br. The van der Waals surface area contributed by atoms with Gasteiger partial charge in [0.15, 0.2) is 0 Å². The van der Waals surface area contributed by atoms with E-state index in [1.807, 2.05) is 0 Å². The molecule has 1 aliphatic rings. The summed E-state index contributed by atoms with van der Waals surface area (Å²) in [6.45, 7) is 4.02. The van der Waals surface area contributed by atoms with Gasteiger partial charge in [0.05, 0.1) is 0 Å². The van der Waals surface area contributed by atoms with Crippen molar-refractivity contribution in [2.75, 3.05) is 5.33 Å². The molecule has 1 heteroatoms. The molecule has 0 unspecified atom stereocenters. The Hall–Kier alpha value is -0.560. The second kappa shape index (κ2) is 3.67. The van der Waals surface area contributed by atoms with Crippen molar-refractivity contribution >= 4 is 21.5 Å². The number of allylic oxidation sites excluding steroid dienone is 1. The first-order valence-corrected chi connectivity index (χ1v) is 5.77. The molecule has 1 aromatic rings. The maximum atomic E-state index is 4.02. The van der Waals surface area contributed by atoms with Crippen LogP contribution in [0.2, 0.25) is 0 Å². The minimum absolute atomic E-state index is 0.836. The average molecular weight is 237 g/mol. The highest BCUT2D eigenvalue weighted by molar-refractivity contribution is 9.09. The van der Waals surface area contributed by atoms with Crippen molar-refractivity contribution in [3.05, 3.63) is 42.0 Å². The molecule has 0 aliphatic heterocycles. The molecule has 0 nitrogen and oxygen atoms in total. The molecule has 0 atom stereocenters. The number of halogens is 1. The van der Waals surface area contributed by atoms with Crippen LogP contribution in [0.4, 0.5) is 0 Å². The molecule has 1 aliphatic carbocycles. The number of benzene rings is 1. The minimum Gasteiger partial charge on any atom is -0.0944 e. The number of hydrogen-bond acceptors (Lipinski definition) is 0. The molecule has 1 aromatic carbocycles. The van der Waals surface area contributed by atoms with Crippen molar-refractivity contribution in [1.82, 2.24) is 0 Å². The molecule has 0 aromatic heterocycles. The van der Waals surface area contributed by atoms with Gasteiger partial charge in [0.25, 0.3) is 0 Å². The molecule has 0 bridgehead atoms. The van der Waals surface area contributed by atoms with Gasteiger partial charge in [0, 0.05) is 5.33 Å². The molecule has 1 saturated carbocycles. The van der Waals surface area contributed by atoms with Crippen molar-refractivity contribution < 1.29 is 0 Å². The SMILES string of the molecule is C=C(CBr)c1cccc(C2CC2)c1. The van der Waals surface area contributed by atoms with Gasteiger partial charge in [-0.1, -0.05) is 46.8 Å². The predicted octanol–water partition coefficient (Wildman–Crippen LogP) is 3.97. The van der Waals surface area contributed by atoms with E-state index in [0.29, 0.717) is 0 Å². The molecule has 68 valence electrons. The fraction of sp³-hybridized carbons (Fsp3) is 0.333. The van der Waals surface area contributed by atoms with Crippen LogP contribution in [0.15, 0.2) is 30.8 Å². The lowest BCUT2D eigenvalue weighted by Crippen LogP contribution is -1.86. The maximum Gasteiger partial charge on any atom is 0.0283 e. The first-order chi connectivity index (χ1) is 6.31. The second-order valence-electron chi connectivity index (χ2n) is 3.64. The lowest BCUT2D eigenvalue weighted by atomic mass is 10.0. The monoisotopic (exact) mass is 236 g/mol. The van der Waals surface area contributed by atoms with Gasteiger partial charge in [-0.15, -0.1) is 0 Å². The first kappa shape index (κ1) is 9.01. The minimum atomic E-state index is 0.836. The fourth-order valence-corrected chi connectivity index (χ4v) is 1.83. The lowest BCUT2D eigenvalue weighted by molar-refractivity contribution is 1.13. The molecule has 13 heavy (non-hydrogen) atoms. The number of hydrogen-bond donors (Lipinski definition) is 0. The molecular weight excluding hydrogens is 224 g/mol. The standard InChI is InChI=1S/C12H13Br/c1-9(8-13)11-3-2-4-12(7-11)10-5-6-10/h2-4,7,10H,1,5-6,8H2.